The molecule has 1 aromatic carbocycles. The number of rotatable bonds is 4. The van der Waals surface area contributed by atoms with Crippen LogP contribution in [-0.2, 0) is 0 Å². The van der Waals surface area contributed by atoms with E-state index < -0.39 is 0 Å². The number of methoxy groups -OCH3 is 1. The first-order valence-electron chi connectivity index (χ1n) is 6.28. The summed E-state index contributed by atoms with van der Waals surface area (Å²) in [6, 6.07) is 7.89. The molecule has 3 N–H and O–H groups in total. The largest absolute Gasteiger partial charge is 0.495 e. The first kappa shape index (κ1) is 13.3. The minimum Gasteiger partial charge on any atom is -0.495 e. The molecule has 0 aliphatic rings. The van der Waals surface area contributed by atoms with E-state index in [0.29, 0.717) is 11.4 Å². The number of ether oxygens (including phenoxy) is 1. The fraction of sp³-hybridized carbons (Fsp3) is 0.333. The fourth-order valence-electron chi connectivity index (χ4n) is 2.21. The third kappa shape index (κ3) is 2.84. The van der Waals surface area contributed by atoms with E-state index in [2.05, 4.69) is 18.3 Å². The molecule has 1 aromatic heterocycles. The summed E-state index contributed by atoms with van der Waals surface area (Å²) in [5.74, 6) is 2.55. The number of aryl methyl sites for hydroxylation is 2. The van der Waals surface area contributed by atoms with E-state index in [4.69, 9.17) is 14.9 Å². The van der Waals surface area contributed by atoms with Gasteiger partial charge in [0.15, 0.2) is 0 Å². The van der Waals surface area contributed by atoms with Crippen molar-refractivity contribution in [3.8, 4) is 5.75 Å². The van der Waals surface area contributed by atoms with Crippen LogP contribution in [0.1, 0.15) is 30.0 Å². The summed E-state index contributed by atoms with van der Waals surface area (Å²) in [5.41, 5.74) is 8.57. The zero-order valence-corrected chi connectivity index (χ0v) is 11.8. The third-order valence-electron chi connectivity index (χ3n) is 3.16. The van der Waals surface area contributed by atoms with Crippen LogP contribution in [0.15, 0.2) is 28.7 Å². The van der Waals surface area contributed by atoms with E-state index in [9.17, 15) is 0 Å². The third-order valence-corrected chi connectivity index (χ3v) is 3.16. The number of nitrogens with two attached hydrogens (primary N) is 1. The molecule has 1 heterocycles. The molecule has 2 rings (SSSR count). The Balaban J connectivity index is 2.19. The second-order valence-corrected chi connectivity index (χ2v) is 4.69. The Bertz CT molecular complexity index is 576. The Morgan fingerprint density at radius 3 is 2.58 bits per heavy atom. The Morgan fingerprint density at radius 2 is 2.00 bits per heavy atom. The Morgan fingerprint density at radius 1 is 1.26 bits per heavy atom. The minimum absolute atomic E-state index is 0.158. The summed E-state index contributed by atoms with van der Waals surface area (Å²) in [6.45, 7) is 6.03. The van der Waals surface area contributed by atoms with Crippen LogP contribution in [-0.4, -0.2) is 7.11 Å². The highest BCUT2D eigenvalue weighted by atomic mass is 16.5. The molecule has 0 amide bonds. The monoisotopic (exact) mass is 260 g/mol. The molecule has 0 aliphatic heterocycles. The van der Waals surface area contributed by atoms with Gasteiger partial charge in [-0.15, -0.1) is 0 Å². The van der Waals surface area contributed by atoms with Crippen LogP contribution in [0.4, 0.5) is 11.4 Å². The van der Waals surface area contributed by atoms with Crippen LogP contribution < -0.4 is 15.8 Å². The van der Waals surface area contributed by atoms with Gasteiger partial charge < -0.3 is 20.2 Å². The van der Waals surface area contributed by atoms with Crippen LogP contribution in [0.2, 0.25) is 0 Å². The van der Waals surface area contributed by atoms with Crippen molar-refractivity contribution in [1.82, 2.24) is 0 Å². The predicted octanol–water partition coefficient (Wildman–Crippen LogP) is 3.66. The molecule has 0 spiro atoms. The van der Waals surface area contributed by atoms with Gasteiger partial charge in [0.05, 0.1) is 18.8 Å². The second kappa shape index (κ2) is 5.26. The Labute approximate surface area is 113 Å². The molecule has 0 saturated heterocycles. The molecule has 2 aromatic rings. The van der Waals surface area contributed by atoms with E-state index >= 15 is 0 Å². The standard InChI is InChI=1S/C15H20N2O2/c1-9-7-13(11(3)19-9)10(2)17-12-5-6-14(16)15(8-12)18-4/h5-8,10,17H,16H2,1-4H3. The highest BCUT2D eigenvalue weighted by Gasteiger charge is 2.13. The minimum atomic E-state index is 0.158. The van der Waals surface area contributed by atoms with E-state index in [1.807, 2.05) is 32.0 Å². The van der Waals surface area contributed by atoms with Gasteiger partial charge in [0, 0.05) is 17.3 Å². The molecular weight excluding hydrogens is 240 g/mol. The van der Waals surface area contributed by atoms with Gasteiger partial charge in [0.1, 0.15) is 17.3 Å². The Hall–Kier alpha value is -2.10. The first-order chi connectivity index (χ1) is 9.01. The van der Waals surface area contributed by atoms with Gasteiger partial charge >= 0.3 is 0 Å². The zero-order chi connectivity index (χ0) is 14.0. The summed E-state index contributed by atoms with van der Waals surface area (Å²) in [4.78, 5) is 0. The summed E-state index contributed by atoms with van der Waals surface area (Å²) in [5, 5.41) is 3.42. The lowest BCUT2D eigenvalue weighted by Gasteiger charge is -2.16. The van der Waals surface area contributed by atoms with Gasteiger partial charge in [-0.25, -0.2) is 0 Å². The predicted molar refractivity (Wildman–Crippen MR) is 77.6 cm³/mol. The fourth-order valence-corrected chi connectivity index (χ4v) is 2.21. The average Bonchev–Trinajstić information content (AvgIpc) is 2.71. The summed E-state index contributed by atoms with van der Waals surface area (Å²) >= 11 is 0. The lowest BCUT2D eigenvalue weighted by Crippen LogP contribution is -2.07. The number of nitrogens with one attached hydrogen (secondary N) is 1. The number of furan rings is 1. The van der Waals surface area contributed by atoms with Crippen LogP contribution in [0.5, 0.6) is 5.75 Å². The number of benzene rings is 1. The van der Waals surface area contributed by atoms with E-state index in [1.54, 1.807) is 7.11 Å². The maximum atomic E-state index is 5.80. The van der Waals surface area contributed by atoms with Crippen molar-refractivity contribution in [2.24, 2.45) is 0 Å². The highest BCUT2D eigenvalue weighted by Crippen LogP contribution is 2.29. The molecule has 4 heteroatoms. The van der Waals surface area contributed by atoms with Crippen LogP contribution >= 0.6 is 0 Å². The molecule has 19 heavy (non-hydrogen) atoms. The van der Waals surface area contributed by atoms with Crippen LogP contribution in [0.3, 0.4) is 0 Å². The normalized spacial score (nSPS) is 12.2. The van der Waals surface area contributed by atoms with Crippen molar-refractivity contribution in [2.45, 2.75) is 26.8 Å². The van der Waals surface area contributed by atoms with Gasteiger partial charge in [0.25, 0.3) is 0 Å². The van der Waals surface area contributed by atoms with E-state index in [0.717, 1.165) is 22.8 Å². The van der Waals surface area contributed by atoms with Crippen molar-refractivity contribution in [2.75, 3.05) is 18.2 Å². The molecule has 0 aliphatic carbocycles. The quantitative estimate of drug-likeness (QED) is 0.824. The molecule has 0 bridgehead atoms. The summed E-state index contributed by atoms with van der Waals surface area (Å²) < 4.78 is 10.8. The second-order valence-electron chi connectivity index (χ2n) is 4.69. The highest BCUT2D eigenvalue weighted by molar-refractivity contribution is 5.61. The number of hydrogen-bond donors (Lipinski definition) is 2. The SMILES string of the molecule is COc1cc(NC(C)c2cc(C)oc2C)ccc1N. The Kier molecular flexibility index (Phi) is 3.69. The molecule has 0 fully saturated rings. The van der Waals surface area contributed by atoms with Crippen LogP contribution in [0, 0.1) is 13.8 Å². The van der Waals surface area contributed by atoms with Gasteiger partial charge in [-0.3, -0.25) is 0 Å². The smallest absolute Gasteiger partial charge is 0.143 e. The van der Waals surface area contributed by atoms with Gasteiger partial charge in [-0.2, -0.15) is 0 Å². The molecule has 0 radical (unpaired) electrons. The van der Waals surface area contributed by atoms with Crippen molar-refractivity contribution in [1.29, 1.82) is 0 Å². The first-order valence-corrected chi connectivity index (χ1v) is 6.28. The van der Waals surface area contributed by atoms with Crippen molar-refractivity contribution in [3.63, 3.8) is 0 Å². The van der Waals surface area contributed by atoms with Crippen molar-refractivity contribution < 1.29 is 9.15 Å². The number of anilines is 2. The molecular formula is C15H20N2O2. The molecule has 1 unspecified atom stereocenters. The molecule has 4 nitrogen and oxygen atoms in total. The summed E-state index contributed by atoms with van der Waals surface area (Å²) in [6.07, 6.45) is 0. The lowest BCUT2D eigenvalue weighted by molar-refractivity contribution is 0.417. The number of hydrogen-bond acceptors (Lipinski definition) is 4. The molecule has 0 saturated carbocycles. The van der Waals surface area contributed by atoms with Gasteiger partial charge in [0.2, 0.25) is 0 Å². The van der Waals surface area contributed by atoms with Crippen molar-refractivity contribution >= 4 is 11.4 Å². The maximum Gasteiger partial charge on any atom is 0.143 e. The average molecular weight is 260 g/mol. The van der Waals surface area contributed by atoms with E-state index in [-0.39, 0.29) is 6.04 Å². The molecule has 1 atom stereocenters. The topological polar surface area (TPSA) is 60.4 Å². The van der Waals surface area contributed by atoms with Crippen molar-refractivity contribution in [3.05, 3.63) is 41.3 Å². The number of nitrogen functional groups attached to an aromatic ring is 1. The van der Waals surface area contributed by atoms with Crippen LogP contribution in [0.25, 0.3) is 0 Å². The van der Waals surface area contributed by atoms with Gasteiger partial charge in [-0.1, -0.05) is 0 Å². The zero-order valence-electron chi connectivity index (χ0n) is 11.8. The molecule has 102 valence electrons. The lowest BCUT2D eigenvalue weighted by atomic mass is 10.1. The summed E-state index contributed by atoms with van der Waals surface area (Å²) in [7, 11) is 1.61. The van der Waals surface area contributed by atoms with Gasteiger partial charge in [-0.05, 0) is 39.0 Å². The maximum absolute atomic E-state index is 5.80. The van der Waals surface area contributed by atoms with E-state index in [1.165, 1.54) is 0 Å².